The number of rotatable bonds is 7. The van der Waals surface area contributed by atoms with E-state index in [2.05, 4.69) is 15.5 Å². The molecule has 4 rings (SSSR count). The van der Waals surface area contributed by atoms with Crippen molar-refractivity contribution in [2.24, 2.45) is 10.2 Å². The van der Waals surface area contributed by atoms with Crippen LogP contribution in [0.15, 0.2) is 75.8 Å². The van der Waals surface area contributed by atoms with Crippen LogP contribution in [0.2, 0.25) is 10.0 Å². The van der Waals surface area contributed by atoms with Crippen molar-refractivity contribution in [3.05, 3.63) is 81.8 Å². The number of benzene rings is 4. The molecule has 0 aliphatic carbocycles. The van der Waals surface area contributed by atoms with Crippen molar-refractivity contribution in [3.63, 3.8) is 0 Å². The second-order valence-electron chi connectivity index (χ2n) is 8.02. The topological polar surface area (TPSA) is 138 Å². The lowest BCUT2D eigenvalue weighted by Gasteiger charge is -2.13. The van der Waals surface area contributed by atoms with Crippen LogP contribution < -0.4 is 10.1 Å². The molecule has 0 bridgehead atoms. The van der Waals surface area contributed by atoms with Gasteiger partial charge in [-0.2, -0.15) is 8.42 Å². The molecule has 4 aromatic carbocycles. The Balaban J connectivity index is 1.87. The van der Waals surface area contributed by atoms with Gasteiger partial charge in [-0.05, 0) is 47.7 Å². The molecule has 0 atom stereocenters. The molecule has 0 saturated carbocycles. The predicted molar refractivity (Wildman–Crippen MR) is 146 cm³/mol. The molecule has 0 radical (unpaired) electrons. The number of phenols is 1. The number of methoxy groups -OCH3 is 1. The van der Waals surface area contributed by atoms with E-state index in [4.69, 9.17) is 27.9 Å². The maximum atomic E-state index is 13.2. The smallest absolute Gasteiger partial charge is 0.296 e. The number of carbonyl (C=O) groups excluding carboxylic acids is 1. The van der Waals surface area contributed by atoms with E-state index in [1.165, 1.54) is 19.2 Å². The zero-order valence-corrected chi connectivity index (χ0v) is 22.4. The zero-order chi connectivity index (χ0) is 27.6. The average Bonchev–Trinajstić information content (AvgIpc) is 2.88. The summed E-state index contributed by atoms with van der Waals surface area (Å²) in [5.74, 6) is -0.836. The number of phenolic OH excluding ortho intramolecular Hbond substituents is 1. The largest absolute Gasteiger partial charge is 0.505 e. The van der Waals surface area contributed by atoms with Gasteiger partial charge >= 0.3 is 0 Å². The first kappa shape index (κ1) is 27.3. The summed E-state index contributed by atoms with van der Waals surface area (Å²) in [6, 6.07) is 15.6. The molecule has 3 N–H and O–H groups in total. The van der Waals surface area contributed by atoms with E-state index < -0.39 is 26.7 Å². The second-order valence-corrected chi connectivity index (χ2v) is 10.2. The summed E-state index contributed by atoms with van der Waals surface area (Å²) in [6.07, 6.45) is 0.285. The first-order valence-corrected chi connectivity index (χ1v) is 13.4. The highest BCUT2D eigenvalue weighted by Crippen LogP contribution is 2.42. The van der Waals surface area contributed by atoms with Crippen LogP contribution in [0.25, 0.3) is 10.8 Å². The molecular weight excluding hydrogens is 553 g/mol. The van der Waals surface area contributed by atoms with Crippen molar-refractivity contribution in [3.8, 4) is 11.5 Å². The molecule has 196 valence electrons. The molecule has 1 amide bonds. The molecule has 0 aromatic heterocycles. The van der Waals surface area contributed by atoms with Crippen molar-refractivity contribution in [1.82, 2.24) is 0 Å². The van der Waals surface area contributed by atoms with Crippen LogP contribution >= 0.6 is 23.2 Å². The van der Waals surface area contributed by atoms with Gasteiger partial charge in [0.2, 0.25) is 0 Å². The van der Waals surface area contributed by atoms with Crippen molar-refractivity contribution < 1.29 is 27.6 Å². The molecular formula is C26H21Cl2N3O6S. The van der Waals surface area contributed by atoms with Crippen LogP contribution in [-0.2, 0) is 16.5 Å². The Bertz CT molecular complexity index is 1710. The molecule has 0 fully saturated rings. The van der Waals surface area contributed by atoms with E-state index in [0.717, 1.165) is 6.07 Å². The van der Waals surface area contributed by atoms with E-state index >= 15 is 0 Å². The summed E-state index contributed by atoms with van der Waals surface area (Å²) >= 11 is 12.5. The highest BCUT2D eigenvalue weighted by Gasteiger charge is 2.23. The molecule has 38 heavy (non-hydrogen) atoms. The third kappa shape index (κ3) is 5.30. The number of hydrogen-bond acceptors (Lipinski definition) is 7. The Kier molecular flexibility index (Phi) is 7.89. The number of aromatic hydroxyl groups is 1. The number of halogens is 2. The van der Waals surface area contributed by atoms with Crippen molar-refractivity contribution >= 4 is 67.1 Å². The fourth-order valence-electron chi connectivity index (χ4n) is 3.89. The molecule has 0 aliphatic rings. The summed E-state index contributed by atoms with van der Waals surface area (Å²) in [5, 5.41) is 23.4. The normalized spacial score (nSPS) is 11.7. The van der Waals surface area contributed by atoms with Gasteiger partial charge in [0, 0.05) is 10.4 Å². The minimum atomic E-state index is -4.67. The Morgan fingerprint density at radius 3 is 2.42 bits per heavy atom. The number of amides is 1. The Hall–Kier alpha value is -3.70. The number of azo groups is 1. The Labute approximate surface area is 228 Å². The lowest BCUT2D eigenvalue weighted by atomic mass is 10.0. The number of anilines is 1. The molecule has 0 aliphatic heterocycles. The standard InChI is InChI=1S/C26H21Cl2N3O6S/c1-3-15-18(27)11-12-21(38(34,35)36)23(15)30-31-24-16-8-5-4-7-14(16)13-17(25(24)32)26(33)29-19-9-6-10-20(37-2)22(19)28/h4-13,32H,3H2,1-2H3,(H,29,33)(H,34,35,36). The van der Waals surface area contributed by atoms with Gasteiger partial charge in [0.25, 0.3) is 16.0 Å². The third-order valence-corrected chi connectivity index (χ3v) is 7.37. The number of nitrogens with one attached hydrogen (secondary N) is 1. The van der Waals surface area contributed by atoms with E-state index in [9.17, 15) is 22.9 Å². The van der Waals surface area contributed by atoms with E-state index in [1.54, 1.807) is 49.4 Å². The van der Waals surface area contributed by atoms with Crippen LogP contribution in [0.1, 0.15) is 22.8 Å². The first-order valence-electron chi connectivity index (χ1n) is 11.2. The summed E-state index contributed by atoms with van der Waals surface area (Å²) in [7, 11) is -3.23. The van der Waals surface area contributed by atoms with Gasteiger partial charge in [0.15, 0.2) is 5.75 Å². The SMILES string of the molecule is CCc1c(Cl)ccc(S(=O)(=O)O)c1N=Nc1c(O)c(C(=O)Nc2cccc(OC)c2Cl)cc2ccccc12. The van der Waals surface area contributed by atoms with Crippen LogP contribution in [0, 0.1) is 0 Å². The number of fused-ring (bicyclic) bond motifs is 1. The number of carbonyl (C=O) groups is 1. The van der Waals surface area contributed by atoms with E-state index in [1.807, 2.05) is 0 Å². The number of hydrogen-bond donors (Lipinski definition) is 3. The van der Waals surface area contributed by atoms with Crippen LogP contribution in [0.5, 0.6) is 11.5 Å². The fraction of sp³-hybridized carbons (Fsp3) is 0.115. The lowest BCUT2D eigenvalue weighted by Crippen LogP contribution is -2.12. The lowest BCUT2D eigenvalue weighted by molar-refractivity contribution is 0.102. The van der Waals surface area contributed by atoms with Crippen LogP contribution in [0.3, 0.4) is 0 Å². The number of ether oxygens (including phenoxy) is 1. The van der Waals surface area contributed by atoms with Crippen molar-refractivity contribution in [2.75, 3.05) is 12.4 Å². The maximum Gasteiger partial charge on any atom is 0.296 e. The summed E-state index contributed by atoms with van der Waals surface area (Å²) in [5.41, 5.74) is 0.192. The second kappa shape index (κ2) is 11.0. The molecule has 0 heterocycles. The summed E-state index contributed by atoms with van der Waals surface area (Å²) in [6.45, 7) is 1.73. The van der Waals surface area contributed by atoms with E-state index in [0.29, 0.717) is 22.1 Å². The maximum absolute atomic E-state index is 13.2. The van der Waals surface area contributed by atoms with Crippen LogP contribution in [0.4, 0.5) is 17.1 Å². The summed E-state index contributed by atoms with van der Waals surface area (Å²) < 4.78 is 38.9. The molecule has 0 unspecified atom stereocenters. The molecule has 0 saturated heterocycles. The third-order valence-electron chi connectivity index (χ3n) is 5.74. The zero-order valence-electron chi connectivity index (χ0n) is 20.1. The molecule has 0 spiro atoms. The van der Waals surface area contributed by atoms with Gasteiger partial charge in [-0.15, -0.1) is 10.2 Å². The first-order chi connectivity index (χ1) is 18.1. The average molecular weight is 574 g/mol. The van der Waals surface area contributed by atoms with Crippen LogP contribution in [-0.4, -0.2) is 31.1 Å². The van der Waals surface area contributed by atoms with Crippen molar-refractivity contribution in [1.29, 1.82) is 0 Å². The minimum absolute atomic E-state index is 0.0895. The molecule has 9 nitrogen and oxygen atoms in total. The molecule has 4 aromatic rings. The Morgan fingerprint density at radius 2 is 1.74 bits per heavy atom. The highest BCUT2D eigenvalue weighted by molar-refractivity contribution is 7.86. The summed E-state index contributed by atoms with van der Waals surface area (Å²) in [4.78, 5) is 12.7. The predicted octanol–water partition coefficient (Wildman–Crippen LogP) is 7.34. The van der Waals surface area contributed by atoms with Gasteiger partial charge in [-0.3, -0.25) is 9.35 Å². The fourth-order valence-corrected chi connectivity index (χ4v) is 5.08. The highest BCUT2D eigenvalue weighted by atomic mass is 35.5. The van der Waals surface area contributed by atoms with Gasteiger partial charge in [0.05, 0.1) is 18.4 Å². The minimum Gasteiger partial charge on any atom is -0.505 e. The van der Waals surface area contributed by atoms with Crippen molar-refractivity contribution in [2.45, 2.75) is 18.2 Å². The monoisotopic (exact) mass is 573 g/mol. The van der Waals surface area contributed by atoms with Gasteiger partial charge < -0.3 is 15.2 Å². The quantitative estimate of drug-likeness (QED) is 0.156. The molecule has 12 heteroatoms. The van der Waals surface area contributed by atoms with E-state index in [-0.39, 0.29) is 39.1 Å². The van der Waals surface area contributed by atoms with Gasteiger partial charge in [-0.1, -0.05) is 60.5 Å². The number of nitrogens with zero attached hydrogens (tertiary/aromatic N) is 2. The van der Waals surface area contributed by atoms with Gasteiger partial charge in [0.1, 0.15) is 27.0 Å². The van der Waals surface area contributed by atoms with Gasteiger partial charge in [-0.25, -0.2) is 0 Å². The Morgan fingerprint density at radius 1 is 1.03 bits per heavy atom.